The molecule has 0 N–H and O–H groups in total. The lowest BCUT2D eigenvalue weighted by molar-refractivity contribution is 1.35. The van der Waals surface area contributed by atoms with Crippen LogP contribution in [0.5, 0.6) is 0 Å². The van der Waals surface area contributed by atoms with Gasteiger partial charge in [-0.15, -0.1) is 11.8 Å². The highest BCUT2D eigenvalue weighted by atomic mass is 32.2. The second kappa shape index (κ2) is 3.10. The number of hydrogen-bond acceptors (Lipinski definition) is 3. The van der Waals surface area contributed by atoms with Crippen molar-refractivity contribution in [3.63, 3.8) is 0 Å². The maximum absolute atomic E-state index is 8.41. The van der Waals surface area contributed by atoms with Crippen LogP contribution in [0.3, 0.4) is 0 Å². The highest BCUT2D eigenvalue weighted by Gasteiger charge is 2.07. The van der Waals surface area contributed by atoms with Gasteiger partial charge in [0.15, 0.2) is 0 Å². The zero-order valence-electron chi connectivity index (χ0n) is 5.16. The molecule has 1 rings (SSSR count). The minimum Gasteiger partial charge on any atom is -0.192 e. The van der Waals surface area contributed by atoms with Gasteiger partial charge in [-0.3, -0.25) is 0 Å². The fourth-order valence-corrected chi connectivity index (χ4v) is 1.40. The summed E-state index contributed by atoms with van der Waals surface area (Å²) in [5.41, 5.74) is 0.245. The zero-order valence-corrected chi connectivity index (χ0v) is 5.98. The lowest BCUT2D eigenvalue weighted by atomic mass is 10.2. The maximum atomic E-state index is 8.41. The first-order valence-corrected chi connectivity index (χ1v) is 3.61. The van der Waals surface area contributed by atoms with E-state index in [1.165, 1.54) is 11.8 Å². The van der Waals surface area contributed by atoms with E-state index >= 15 is 0 Å². The first kappa shape index (κ1) is 6.92. The van der Waals surface area contributed by atoms with Crippen LogP contribution in [-0.4, -0.2) is 0 Å². The van der Waals surface area contributed by atoms with Gasteiger partial charge in [-0.25, -0.2) is 0 Å². The van der Waals surface area contributed by atoms with Crippen molar-refractivity contribution >= 4 is 11.8 Å². The second-order valence-corrected chi connectivity index (χ2v) is 2.72. The van der Waals surface area contributed by atoms with Gasteiger partial charge in [-0.2, -0.15) is 10.5 Å². The summed E-state index contributed by atoms with van der Waals surface area (Å²) < 4.78 is 0. The van der Waals surface area contributed by atoms with Crippen molar-refractivity contribution in [3.05, 3.63) is 22.0 Å². The third-order valence-electron chi connectivity index (χ3n) is 1.11. The molecule has 10 heavy (non-hydrogen) atoms. The van der Waals surface area contributed by atoms with E-state index in [2.05, 4.69) is 0 Å². The van der Waals surface area contributed by atoms with Gasteiger partial charge >= 0.3 is 0 Å². The molecule has 0 aromatic rings. The van der Waals surface area contributed by atoms with Crippen LogP contribution in [0.1, 0.15) is 6.42 Å². The number of nitrogens with zero attached hydrogens (tertiary/aromatic N) is 2. The van der Waals surface area contributed by atoms with Gasteiger partial charge in [-0.1, -0.05) is 6.08 Å². The monoisotopic (exact) mass is 148 g/mol. The van der Waals surface area contributed by atoms with Crippen molar-refractivity contribution < 1.29 is 0 Å². The normalized spacial score (nSPS) is 14.4. The number of nitriles is 2. The minimum atomic E-state index is 0.245. The van der Waals surface area contributed by atoms with Gasteiger partial charge in [0.1, 0.15) is 17.7 Å². The Labute approximate surface area is 63.5 Å². The number of thioether (sulfide) groups is 1. The number of hydrogen-bond donors (Lipinski definition) is 0. The van der Waals surface area contributed by atoms with Gasteiger partial charge < -0.3 is 0 Å². The molecule has 0 aliphatic carbocycles. The fraction of sp³-hybridized carbons (Fsp3) is 0.143. The summed E-state index contributed by atoms with van der Waals surface area (Å²) in [6.07, 6.45) is 2.68. The summed E-state index contributed by atoms with van der Waals surface area (Å²) in [4.78, 5) is 0.866. The maximum Gasteiger partial charge on any atom is 0.139 e. The molecule has 1 aliphatic rings. The standard InChI is InChI=1S/C7H4N2S/c8-4-6(5-9)7-2-1-3-10-7/h1,3H,2H2. The van der Waals surface area contributed by atoms with E-state index < -0.39 is 0 Å². The van der Waals surface area contributed by atoms with E-state index in [1.54, 1.807) is 0 Å². The van der Waals surface area contributed by atoms with Crippen LogP contribution in [0.15, 0.2) is 22.0 Å². The number of allylic oxidation sites excluding steroid dienone is 3. The Bertz CT molecular complexity index is 249. The van der Waals surface area contributed by atoms with Crippen LogP contribution < -0.4 is 0 Å². The molecule has 0 unspecified atom stereocenters. The van der Waals surface area contributed by atoms with E-state index in [0.29, 0.717) is 0 Å². The average Bonchev–Trinajstić information content (AvgIpc) is 2.43. The number of rotatable bonds is 0. The molecule has 0 aromatic heterocycles. The first-order valence-electron chi connectivity index (χ1n) is 2.73. The highest BCUT2D eigenvalue weighted by molar-refractivity contribution is 8.06. The Morgan fingerprint density at radius 3 is 2.60 bits per heavy atom. The van der Waals surface area contributed by atoms with Gasteiger partial charge in [-0.05, 0) is 11.8 Å². The molecule has 0 amide bonds. The molecular formula is C7H4N2S. The lowest BCUT2D eigenvalue weighted by Gasteiger charge is -1.89. The van der Waals surface area contributed by atoms with Crippen molar-refractivity contribution in [1.82, 2.24) is 0 Å². The Kier molecular flexibility index (Phi) is 2.15. The van der Waals surface area contributed by atoms with Crippen LogP contribution in [0.2, 0.25) is 0 Å². The van der Waals surface area contributed by atoms with Gasteiger partial charge in [0.25, 0.3) is 0 Å². The van der Waals surface area contributed by atoms with Crippen molar-refractivity contribution in [2.75, 3.05) is 0 Å². The Hall–Kier alpha value is -1.19. The third-order valence-corrected chi connectivity index (χ3v) is 2.10. The predicted molar refractivity (Wildman–Crippen MR) is 39.6 cm³/mol. The molecule has 0 spiro atoms. The second-order valence-electron chi connectivity index (χ2n) is 1.72. The first-order chi connectivity index (χ1) is 4.88. The minimum absolute atomic E-state index is 0.245. The van der Waals surface area contributed by atoms with E-state index in [9.17, 15) is 0 Å². The summed E-state index contributed by atoms with van der Waals surface area (Å²) in [7, 11) is 0. The van der Waals surface area contributed by atoms with Crippen LogP contribution in [0.25, 0.3) is 0 Å². The van der Waals surface area contributed by atoms with E-state index in [1.807, 2.05) is 23.6 Å². The highest BCUT2D eigenvalue weighted by Crippen LogP contribution is 2.30. The average molecular weight is 148 g/mol. The molecule has 2 nitrogen and oxygen atoms in total. The SMILES string of the molecule is N#CC(C#N)=C1CC=CS1. The molecule has 1 aliphatic heterocycles. The van der Waals surface area contributed by atoms with Crippen molar-refractivity contribution in [3.8, 4) is 12.1 Å². The zero-order chi connectivity index (χ0) is 7.40. The smallest absolute Gasteiger partial charge is 0.139 e. The largest absolute Gasteiger partial charge is 0.192 e. The van der Waals surface area contributed by atoms with Gasteiger partial charge in [0.2, 0.25) is 0 Å². The van der Waals surface area contributed by atoms with Crippen LogP contribution in [-0.2, 0) is 0 Å². The van der Waals surface area contributed by atoms with Crippen molar-refractivity contribution in [2.24, 2.45) is 0 Å². The Balaban J connectivity index is 2.88. The van der Waals surface area contributed by atoms with Gasteiger partial charge in [0, 0.05) is 4.91 Å². The van der Waals surface area contributed by atoms with Crippen LogP contribution in [0, 0.1) is 22.7 Å². The van der Waals surface area contributed by atoms with E-state index in [0.717, 1.165) is 11.3 Å². The van der Waals surface area contributed by atoms with Gasteiger partial charge in [0.05, 0.1) is 0 Å². The molecule has 48 valence electrons. The Morgan fingerprint density at radius 2 is 2.20 bits per heavy atom. The topological polar surface area (TPSA) is 47.6 Å². The third kappa shape index (κ3) is 1.21. The molecule has 0 saturated heterocycles. The molecule has 0 fully saturated rings. The lowest BCUT2D eigenvalue weighted by Crippen LogP contribution is -1.76. The summed E-state index contributed by atoms with van der Waals surface area (Å²) in [5, 5.41) is 18.7. The fourth-order valence-electron chi connectivity index (χ4n) is 0.644. The molecular weight excluding hydrogens is 144 g/mol. The van der Waals surface area contributed by atoms with Crippen LogP contribution >= 0.6 is 11.8 Å². The van der Waals surface area contributed by atoms with Crippen molar-refractivity contribution in [1.29, 1.82) is 10.5 Å². The molecule has 0 radical (unpaired) electrons. The molecule has 3 heteroatoms. The van der Waals surface area contributed by atoms with E-state index in [-0.39, 0.29) is 5.57 Å². The van der Waals surface area contributed by atoms with E-state index in [4.69, 9.17) is 10.5 Å². The molecule has 1 heterocycles. The van der Waals surface area contributed by atoms with Crippen molar-refractivity contribution in [2.45, 2.75) is 6.42 Å². The summed E-state index contributed by atoms with van der Waals surface area (Å²) in [6.45, 7) is 0. The Morgan fingerprint density at radius 1 is 1.50 bits per heavy atom. The molecule has 0 saturated carbocycles. The van der Waals surface area contributed by atoms with Crippen LogP contribution in [0.4, 0.5) is 0 Å². The molecule has 0 aromatic carbocycles. The summed E-state index contributed by atoms with van der Waals surface area (Å²) in [5.74, 6) is 0. The quantitative estimate of drug-likeness (QED) is 0.493. The molecule has 0 atom stereocenters. The summed E-state index contributed by atoms with van der Waals surface area (Å²) >= 11 is 1.45. The molecule has 0 bridgehead atoms. The summed E-state index contributed by atoms with van der Waals surface area (Å²) in [6, 6.07) is 3.70. The predicted octanol–water partition coefficient (Wildman–Crippen LogP) is 1.94.